The summed E-state index contributed by atoms with van der Waals surface area (Å²) in [5, 5.41) is 8.95. The summed E-state index contributed by atoms with van der Waals surface area (Å²) in [6.45, 7) is 4.70. The van der Waals surface area contributed by atoms with Crippen molar-refractivity contribution >= 4 is 33.8 Å². The van der Waals surface area contributed by atoms with Gasteiger partial charge in [0.15, 0.2) is 0 Å². The van der Waals surface area contributed by atoms with Crippen LogP contribution in [0.15, 0.2) is 0 Å². The molecule has 0 aromatic carbocycles. The average molecular weight is 314 g/mol. The smallest absolute Gasteiger partial charge is 0.263 e. The van der Waals surface area contributed by atoms with E-state index >= 15 is 0 Å². The molecule has 1 atom stereocenters. The van der Waals surface area contributed by atoms with E-state index in [1.165, 1.54) is 18.4 Å². The van der Waals surface area contributed by atoms with Gasteiger partial charge in [-0.1, -0.05) is 0 Å². The minimum atomic E-state index is -0.327. The largest absolute Gasteiger partial charge is 0.397 e. The first kappa shape index (κ1) is 17.3. The van der Waals surface area contributed by atoms with Gasteiger partial charge in [0.2, 0.25) is 0 Å². The molecule has 1 unspecified atom stereocenters. The fraction of sp³-hybridized carbons (Fsp3) is 0.538. The van der Waals surface area contributed by atoms with Crippen molar-refractivity contribution in [1.82, 2.24) is 10.6 Å². The van der Waals surface area contributed by atoms with E-state index in [1.54, 1.807) is 7.11 Å². The lowest BCUT2D eigenvalue weighted by atomic mass is 10.2. The topological polar surface area (TPSA) is 105 Å². The highest BCUT2D eigenvalue weighted by Gasteiger charge is 2.25. The monoisotopic (exact) mass is 314 g/mol. The molecule has 1 rings (SSSR count). The number of methoxy groups -OCH3 is 1. The van der Waals surface area contributed by atoms with E-state index in [1.807, 2.05) is 13.8 Å². The van der Waals surface area contributed by atoms with Gasteiger partial charge in [-0.25, -0.2) is 0 Å². The van der Waals surface area contributed by atoms with Gasteiger partial charge < -0.3 is 26.4 Å². The fourth-order valence-corrected chi connectivity index (χ4v) is 2.97. The molecular formula is C13H22N4O3S. The second kappa shape index (κ2) is 7.84. The van der Waals surface area contributed by atoms with Crippen molar-refractivity contribution in [2.24, 2.45) is 0 Å². The van der Waals surface area contributed by atoms with Crippen LogP contribution in [0.25, 0.3) is 0 Å². The van der Waals surface area contributed by atoms with Gasteiger partial charge in [-0.05, 0) is 13.8 Å². The Morgan fingerprint density at radius 3 is 2.57 bits per heavy atom. The van der Waals surface area contributed by atoms with Crippen molar-refractivity contribution in [2.75, 3.05) is 38.4 Å². The van der Waals surface area contributed by atoms with Crippen LogP contribution in [0.2, 0.25) is 0 Å². The fourth-order valence-electron chi connectivity index (χ4n) is 1.82. The number of ether oxygens (including phenoxy) is 1. The van der Waals surface area contributed by atoms with E-state index in [0.29, 0.717) is 28.6 Å². The molecule has 5 N–H and O–H groups in total. The van der Waals surface area contributed by atoms with Gasteiger partial charge in [-0.3, -0.25) is 9.59 Å². The van der Waals surface area contributed by atoms with Crippen molar-refractivity contribution in [2.45, 2.75) is 19.9 Å². The number of hydrogen-bond acceptors (Lipinski definition) is 6. The number of nitrogen functional groups attached to an aromatic ring is 1. The van der Waals surface area contributed by atoms with Crippen molar-refractivity contribution < 1.29 is 14.3 Å². The first-order valence-electron chi connectivity index (χ1n) is 6.64. The lowest BCUT2D eigenvalue weighted by Crippen LogP contribution is -2.25. The SMILES string of the molecule is CCNC(=O)c1sc(NC(C)COC)c(C(=O)NC)c1N. The van der Waals surface area contributed by atoms with Crippen LogP contribution in [0.5, 0.6) is 0 Å². The number of carbonyl (C=O) groups is 2. The third kappa shape index (κ3) is 4.08. The van der Waals surface area contributed by atoms with Gasteiger partial charge in [0, 0.05) is 26.7 Å². The molecule has 0 fully saturated rings. The number of rotatable bonds is 7. The number of thiophene rings is 1. The second-order valence-electron chi connectivity index (χ2n) is 4.49. The van der Waals surface area contributed by atoms with Crippen molar-refractivity contribution in [1.29, 1.82) is 0 Å². The number of anilines is 2. The molecule has 0 aliphatic carbocycles. The van der Waals surface area contributed by atoms with Crippen LogP contribution in [0.1, 0.15) is 33.9 Å². The minimum Gasteiger partial charge on any atom is -0.397 e. The zero-order valence-corrected chi connectivity index (χ0v) is 13.5. The van der Waals surface area contributed by atoms with Crippen LogP contribution in [0, 0.1) is 0 Å². The quantitative estimate of drug-likeness (QED) is 0.598. The Labute approximate surface area is 128 Å². The molecule has 7 nitrogen and oxygen atoms in total. The highest BCUT2D eigenvalue weighted by molar-refractivity contribution is 7.19. The third-order valence-corrected chi connectivity index (χ3v) is 3.87. The molecule has 0 aliphatic rings. The molecule has 118 valence electrons. The highest BCUT2D eigenvalue weighted by Crippen LogP contribution is 2.36. The number of amides is 2. The summed E-state index contributed by atoms with van der Waals surface area (Å²) < 4.78 is 5.06. The standard InChI is InChI=1S/C13H22N4O3S/c1-5-16-12(19)10-9(14)8(11(18)15-3)13(21-10)17-7(2)6-20-4/h7,17H,5-6,14H2,1-4H3,(H,15,18)(H,16,19). The molecule has 1 heterocycles. The maximum Gasteiger partial charge on any atom is 0.263 e. The van der Waals surface area contributed by atoms with Gasteiger partial charge in [-0.15, -0.1) is 11.3 Å². The van der Waals surface area contributed by atoms with Crippen LogP contribution in [0.4, 0.5) is 10.7 Å². The van der Waals surface area contributed by atoms with Gasteiger partial charge >= 0.3 is 0 Å². The molecule has 0 spiro atoms. The number of nitrogens with one attached hydrogen (secondary N) is 3. The van der Waals surface area contributed by atoms with E-state index in [0.717, 1.165) is 0 Å². The Balaban J connectivity index is 3.18. The Kier molecular flexibility index (Phi) is 6.44. The predicted octanol–water partition coefficient (Wildman–Crippen LogP) is 0.886. The van der Waals surface area contributed by atoms with E-state index in [-0.39, 0.29) is 23.5 Å². The Morgan fingerprint density at radius 1 is 1.38 bits per heavy atom. The lowest BCUT2D eigenvalue weighted by molar-refractivity contribution is 0.0959. The first-order chi connectivity index (χ1) is 9.96. The van der Waals surface area contributed by atoms with E-state index < -0.39 is 0 Å². The second-order valence-corrected chi connectivity index (χ2v) is 5.51. The Hall–Kier alpha value is -1.80. The van der Waals surface area contributed by atoms with Crippen molar-refractivity contribution in [3.05, 3.63) is 10.4 Å². The molecule has 0 aliphatic heterocycles. The van der Waals surface area contributed by atoms with Crippen LogP contribution >= 0.6 is 11.3 Å². The highest BCUT2D eigenvalue weighted by atomic mass is 32.1. The van der Waals surface area contributed by atoms with Crippen molar-refractivity contribution in [3.63, 3.8) is 0 Å². The maximum atomic E-state index is 12.0. The summed E-state index contributed by atoms with van der Waals surface area (Å²) in [7, 11) is 3.12. The first-order valence-corrected chi connectivity index (χ1v) is 7.45. The van der Waals surface area contributed by atoms with E-state index in [2.05, 4.69) is 16.0 Å². The molecule has 1 aromatic heterocycles. The maximum absolute atomic E-state index is 12.0. The normalized spacial score (nSPS) is 11.8. The number of carbonyl (C=O) groups excluding carboxylic acids is 2. The summed E-state index contributed by atoms with van der Waals surface area (Å²) >= 11 is 1.17. The van der Waals surface area contributed by atoms with Crippen LogP contribution < -0.4 is 21.7 Å². The van der Waals surface area contributed by atoms with E-state index in [4.69, 9.17) is 10.5 Å². The van der Waals surface area contributed by atoms with Crippen LogP contribution in [-0.2, 0) is 4.74 Å². The molecule has 2 amide bonds. The summed E-state index contributed by atoms with van der Waals surface area (Å²) in [4.78, 5) is 24.3. The third-order valence-electron chi connectivity index (χ3n) is 2.74. The van der Waals surface area contributed by atoms with E-state index in [9.17, 15) is 9.59 Å². The molecule has 0 saturated heterocycles. The summed E-state index contributed by atoms with van der Waals surface area (Å²) in [6.07, 6.45) is 0. The van der Waals surface area contributed by atoms with Gasteiger partial charge in [-0.2, -0.15) is 0 Å². The molecule has 1 aromatic rings. The van der Waals surface area contributed by atoms with Gasteiger partial charge in [0.1, 0.15) is 9.88 Å². The molecule has 8 heteroatoms. The Bertz CT molecular complexity index is 516. The number of nitrogens with two attached hydrogens (primary N) is 1. The Morgan fingerprint density at radius 2 is 2.05 bits per heavy atom. The minimum absolute atomic E-state index is 0.0152. The zero-order chi connectivity index (χ0) is 16.0. The molecule has 0 saturated carbocycles. The van der Waals surface area contributed by atoms with Gasteiger partial charge in [0.25, 0.3) is 11.8 Å². The average Bonchev–Trinajstić information content (AvgIpc) is 2.75. The summed E-state index contributed by atoms with van der Waals surface area (Å²) in [5.41, 5.74) is 6.47. The molecule has 0 radical (unpaired) electrons. The van der Waals surface area contributed by atoms with Gasteiger partial charge in [0.05, 0.1) is 17.9 Å². The van der Waals surface area contributed by atoms with Crippen molar-refractivity contribution in [3.8, 4) is 0 Å². The summed E-state index contributed by atoms with van der Waals surface area (Å²) in [6, 6.07) is -0.0152. The predicted molar refractivity (Wildman–Crippen MR) is 85.1 cm³/mol. The number of hydrogen-bond donors (Lipinski definition) is 4. The lowest BCUT2D eigenvalue weighted by Gasteiger charge is -2.13. The van der Waals surface area contributed by atoms with Crippen LogP contribution in [0.3, 0.4) is 0 Å². The summed E-state index contributed by atoms with van der Waals surface area (Å²) in [5.74, 6) is -0.607. The molecular weight excluding hydrogens is 292 g/mol. The molecule has 0 bridgehead atoms. The van der Waals surface area contributed by atoms with Crippen LogP contribution in [-0.4, -0.2) is 45.2 Å². The molecule has 21 heavy (non-hydrogen) atoms. The zero-order valence-electron chi connectivity index (χ0n) is 12.7.